The minimum Gasteiger partial charge on any atom is -0.380 e. The van der Waals surface area contributed by atoms with Gasteiger partial charge in [-0.1, -0.05) is 27.3 Å². The molecule has 0 spiro atoms. The highest BCUT2D eigenvalue weighted by Crippen LogP contribution is 2.36. The van der Waals surface area contributed by atoms with Crippen molar-refractivity contribution in [1.82, 2.24) is 0 Å². The van der Waals surface area contributed by atoms with Crippen molar-refractivity contribution in [3.8, 4) is 0 Å². The average molecular weight is 381 g/mol. The number of thiophene rings is 1. The maximum Gasteiger partial charge on any atom is 0.417 e. The van der Waals surface area contributed by atoms with E-state index in [1.54, 1.807) is 6.07 Å². The van der Waals surface area contributed by atoms with Crippen LogP contribution in [0, 0.1) is 10.1 Å². The number of rotatable bonds is 4. The molecule has 9 heteroatoms. The first-order chi connectivity index (χ1) is 9.77. The largest absolute Gasteiger partial charge is 0.417 e. The van der Waals surface area contributed by atoms with Gasteiger partial charge in [0.2, 0.25) is 0 Å². The van der Waals surface area contributed by atoms with Crippen molar-refractivity contribution in [3.05, 3.63) is 55.4 Å². The molecule has 2 aromatic rings. The third kappa shape index (κ3) is 3.94. The van der Waals surface area contributed by atoms with E-state index in [1.165, 1.54) is 18.2 Å². The van der Waals surface area contributed by atoms with Crippen molar-refractivity contribution < 1.29 is 18.1 Å². The topological polar surface area (TPSA) is 55.2 Å². The Morgan fingerprint density at radius 2 is 2.00 bits per heavy atom. The Hall–Kier alpha value is -1.61. The van der Waals surface area contributed by atoms with Crippen LogP contribution in [0.15, 0.2) is 34.8 Å². The van der Waals surface area contributed by atoms with Crippen molar-refractivity contribution in [3.63, 3.8) is 0 Å². The van der Waals surface area contributed by atoms with Crippen molar-refractivity contribution >= 4 is 38.0 Å². The monoisotopic (exact) mass is 380 g/mol. The standard InChI is InChI=1S/C12H8BrF3N2O2S/c13-10-3-1-7(5-9(10)12(14,15)16)17-6-8-2-4-11(21-8)18(19)20/h1-5,17H,6H2. The van der Waals surface area contributed by atoms with Crippen molar-refractivity contribution in [2.24, 2.45) is 0 Å². The van der Waals surface area contributed by atoms with E-state index >= 15 is 0 Å². The minimum atomic E-state index is -4.45. The fourth-order valence-electron chi connectivity index (χ4n) is 1.60. The highest BCUT2D eigenvalue weighted by Gasteiger charge is 2.33. The zero-order valence-electron chi connectivity index (χ0n) is 10.3. The van der Waals surface area contributed by atoms with Gasteiger partial charge in [0.25, 0.3) is 0 Å². The lowest BCUT2D eigenvalue weighted by atomic mass is 10.2. The van der Waals surface area contributed by atoms with Crippen molar-refractivity contribution in [2.75, 3.05) is 5.32 Å². The Bertz CT molecular complexity index is 673. The predicted octanol–water partition coefficient (Wildman–Crippen LogP) is 5.05. The van der Waals surface area contributed by atoms with Crippen LogP contribution in [-0.2, 0) is 12.7 Å². The maximum atomic E-state index is 12.8. The van der Waals surface area contributed by atoms with E-state index in [-0.39, 0.29) is 16.0 Å². The van der Waals surface area contributed by atoms with Gasteiger partial charge in [-0.05, 0) is 24.3 Å². The molecule has 1 N–H and O–H groups in total. The van der Waals surface area contributed by atoms with Gasteiger partial charge in [0.15, 0.2) is 0 Å². The van der Waals surface area contributed by atoms with Gasteiger partial charge in [-0.15, -0.1) is 0 Å². The summed E-state index contributed by atoms with van der Waals surface area (Å²) in [6, 6.07) is 6.74. The Morgan fingerprint density at radius 1 is 1.29 bits per heavy atom. The third-order valence-corrected chi connectivity index (χ3v) is 4.29. The summed E-state index contributed by atoms with van der Waals surface area (Å²) in [4.78, 5) is 10.7. The summed E-state index contributed by atoms with van der Waals surface area (Å²) < 4.78 is 38.2. The van der Waals surface area contributed by atoms with Crippen LogP contribution in [0.3, 0.4) is 0 Å². The SMILES string of the molecule is O=[N+]([O-])c1ccc(CNc2ccc(Br)c(C(F)(F)F)c2)s1. The van der Waals surface area contributed by atoms with Crippen LogP contribution >= 0.6 is 27.3 Å². The van der Waals surface area contributed by atoms with E-state index in [2.05, 4.69) is 21.2 Å². The number of anilines is 1. The summed E-state index contributed by atoms with van der Waals surface area (Å²) >= 11 is 3.84. The van der Waals surface area contributed by atoms with E-state index in [0.717, 1.165) is 17.4 Å². The van der Waals surface area contributed by atoms with Gasteiger partial charge in [0.05, 0.1) is 10.5 Å². The second-order valence-electron chi connectivity index (χ2n) is 4.04. The van der Waals surface area contributed by atoms with Crippen LogP contribution in [0.2, 0.25) is 0 Å². The van der Waals surface area contributed by atoms with Crippen molar-refractivity contribution in [2.45, 2.75) is 12.7 Å². The molecule has 0 aliphatic rings. The summed E-state index contributed by atoms with van der Waals surface area (Å²) in [5.41, 5.74) is -0.480. The Labute approximate surface area is 129 Å². The minimum absolute atomic E-state index is 0.00131. The van der Waals surface area contributed by atoms with Crippen LogP contribution in [0.5, 0.6) is 0 Å². The molecule has 0 aliphatic heterocycles. The number of alkyl halides is 3. The molecule has 0 saturated heterocycles. The Kier molecular flexibility index (Phi) is 4.52. The quantitative estimate of drug-likeness (QED) is 0.596. The van der Waals surface area contributed by atoms with Crippen LogP contribution < -0.4 is 5.32 Å². The van der Waals surface area contributed by atoms with Crippen molar-refractivity contribution in [1.29, 1.82) is 0 Å². The predicted molar refractivity (Wildman–Crippen MR) is 77.4 cm³/mol. The maximum absolute atomic E-state index is 12.8. The molecule has 1 heterocycles. The summed E-state index contributed by atoms with van der Waals surface area (Å²) in [6.45, 7) is 0.220. The summed E-state index contributed by atoms with van der Waals surface area (Å²) in [7, 11) is 0. The fourth-order valence-corrected chi connectivity index (χ4v) is 2.83. The zero-order valence-corrected chi connectivity index (χ0v) is 12.7. The molecule has 0 atom stereocenters. The molecular formula is C12H8BrF3N2O2S. The molecule has 1 aromatic carbocycles. The third-order valence-electron chi connectivity index (χ3n) is 2.57. The first-order valence-electron chi connectivity index (χ1n) is 5.61. The first kappa shape index (κ1) is 15.8. The van der Waals surface area contributed by atoms with Crippen LogP contribution in [-0.4, -0.2) is 4.92 Å². The molecule has 0 fully saturated rings. The second kappa shape index (κ2) is 6.02. The summed E-state index contributed by atoms with van der Waals surface area (Å²) in [5.74, 6) is 0. The number of nitrogens with zero attached hydrogens (tertiary/aromatic N) is 1. The Morgan fingerprint density at radius 3 is 2.57 bits per heavy atom. The molecule has 0 aliphatic carbocycles. The van der Waals surface area contributed by atoms with Gasteiger partial charge >= 0.3 is 11.2 Å². The van der Waals surface area contributed by atoms with Crippen LogP contribution in [0.4, 0.5) is 23.9 Å². The lowest BCUT2D eigenvalue weighted by molar-refractivity contribution is -0.380. The van der Waals surface area contributed by atoms with Crippen LogP contribution in [0.1, 0.15) is 10.4 Å². The van der Waals surface area contributed by atoms with E-state index in [1.807, 2.05) is 0 Å². The summed E-state index contributed by atoms with van der Waals surface area (Å²) in [6.07, 6.45) is -4.45. The number of hydrogen-bond donors (Lipinski definition) is 1. The van der Waals surface area contributed by atoms with E-state index < -0.39 is 16.7 Å². The lowest BCUT2D eigenvalue weighted by Crippen LogP contribution is -2.07. The number of nitrogens with one attached hydrogen (secondary N) is 1. The summed E-state index contributed by atoms with van der Waals surface area (Å²) in [5, 5.41) is 13.4. The second-order valence-corrected chi connectivity index (χ2v) is 6.04. The van der Waals surface area contributed by atoms with Crippen LogP contribution in [0.25, 0.3) is 0 Å². The number of benzene rings is 1. The molecule has 1 aromatic heterocycles. The van der Waals surface area contributed by atoms with Gasteiger partial charge < -0.3 is 5.32 Å². The highest BCUT2D eigenvalue weighted by molar-refractivity contribution is 9.10. The average Bonchev–Trinajstić information content (AvgIpc) is 2.85. The fraction of sp³-hybridized carbons (Fsp3) is 0.167. The van der Waals surface area contributed by atoms with Gasteiger partial charge in [-0.3, -0.25) is 10.1 Å². The first-order valence-corrected chi connectivity index (χ1v) is 7.22. The van der Waals surface area contributed by atoms with E-state index in [4.69, 9.17) is 0 Å². The number of hydrogen-bond acceptors (Lipinski definition) is 4. The Balaban J connectivity index is 2.11. The van der Waals surface area contributed by atoms with Gasteiger partial charge in [0, 0.05) is 27.6 Å². The number of nitro groups is 1. The number of halogens is 4. The highest BCUT2D eigenvalue weighted by atomic mass is 79.9. The van der Waals surface area contributed by atoms with E-state index in [9.17, 15) is 23.3 Å². The normalized spacial score (nSPS) is 11.4. The van der Waals surface area contributed by atoms with Gasteiger partial charge in [-0.2, -0.15) is 13.2 Å². The molecule has 21 heavy (non-hydrogen) atoms. The molecule has 112 valence electrons. The zero-order chi connectivity index (χ0) is 15.6. The van der Waals surface area contributed by atoms with Gasteiger partial charge in [0.1, 0.15) is 0 Å². The molecule has 2 rings (SSSR count). The molecule has 0 saturated carbocycles. The molecule has 0 amide bonds. The smallest absolute Gasteiger partial charge is 0.380 e. The van der Waals surface area contributed by atoms with E-state index in [0.29, 0.717) is 10.6 Å². The lowest BCUT2D eigenvalue weighted by Gasteiger charge is -2.12. The molecule has 0 radical (unpaired) electrons. The molecular weight excluding hydrogens is 373 g/mol. The van der Waals surface area contributed by atoms with Gasteiger partial charge in [-0.25, -0.2) is 0 Å². The molecule has 0 unspecified atom stereocenters. The molecule has 0 bridgehead atoms. The molecule has 4 nitrogen and oxygen atoms in total.